The second kappa shape index (κ2) is 10.9. The van der Waals surface area contributed by atoms with Gasteiger partial charge in [-0.05, 0) is 30.3 Å². The summed E-state index contributed by atoms with van der Waals surface area (Å²) in [6, 6.07) is 15.2. The molecule has 3 N–H and O–H groups in total. The minimum absolute atomic E-state index is 0.0980. The minimum atomic E-state index is -0.459. The van der Waals surface area contributed by atoms with Crippen molar-refractivity contribution in [2.75, 3.05) is 11.9 Å². The van der Waals surface area contributed by atoms with Gasteiger partial charge in [-0.2, -0.15) is 10.2 Å². The second-order valence-corrected chi connectivity index (χ2v) is 8.69. The van der Waals surface area contributed by atoms with Crippen molar-refractivity contribution in [2.45, 2.75) is 13.3 Å². The van der Waals surface area contributed by atoms with Gasteiger partial charge in [-0.3, -0.25) is 18.8 Å². The zero-order valence-electron chi connectivity index (χ0n) is 21.5. The third-order valence-electron chi connectivity index (χ3n) is 6.04. The minimum Gasteiger partial charge on any atom is -0.366 e. The van der Waals surface area contributed by atoms with Gasteiger partial charge >= 0.3 is 0 Å². The summed E-state index contributed by atoms with van der Waals surface area (Å²) in [4.78, 5) is 29.0. The molecule has 0 spiro atoms. The summed E-state index contributed by atoms with van der Waals surface area (Å²) in [5, 5.41) is 11.6. The number of carbonyl (C=O) groups excluding carboxylic acids is 1. The number of anilines is 1. The number of fused-ring (bicyclic) bond motifs is 2. The fourth-order valence-electron chi connectivity index (χ4n) is 4.23. The average molecular weight is 519 g/mol. The van der Waals surface area contributed by atoms with Crippen molar-refractivity contribution < 1.29 is 4.79 Å². The number of nitrogens with one attached hydrogen (secondary N) is 1. The van der Waals surface area contributed by atoms with Crippen molar-refractivity contribution in [3.8, 4) is 17.5 Å². The van der Waals surface area contributed by atoms with Gasteiger partial charge in [0.05, 0.1) is 34.5 Å². The Morgan fingerprint density at radius 2 is 1.90 bits per heavy atom. The number of hydrogen-bond donors (Lipinski definition) is 2. The lowest BCUT2D eigenvalue weighted by molar-refractivity contribution is 0.100. The standard InChI is InChI=1S/C22H18N4O.C7H8N4O/c1-3-20-24-19-11-7-8-17(13-12-16-14-23-25(2)15-16)21(19)22(27)26(20)18-9-5-4-6-10-18;8-6(12)5-4-10-11-3-1-2-9-7(5)11/h4-11,14-15H,3H2,1-2H3;1,3-4,9H,2H2,(H2,8,12). The molecule has 2 aromatic carbocycles. The van der Waals surface area contributed by atoms with Gasteiger partial charge in [0.25, 0.3) is 11.5 Å². The summed E-state index contributed by atoms with van der Waals surface area (Å²) in [7, 11) is 1.85. The maximum atomic E-state index is 13.4. The molecule has 1 aliphatic rings. The quantitative estimate of drug-likeness (QED) is 0.354. The van der Waals surface area contributed by atoms with Crippen LogP contribution in [0.25, 0.3) is 22.8 Å². The Hall–Kier alpha value is -5.43. The number of carbonyl (C=O) groups is 1. The molecule has 0 saturated carbocycles. The smallest absolute Gasteiger partial charge is 0.267 e. The molecular weight excluding hydrogens is 492 g/mol. The monoisotopic (exact) mass is 518 g/mol. The van der Waals surface area contributed by atoms with E-state index in [-0.39, 0.29) is 5.56 Å². The number of amides is 1. The van der Waals surface area contributed by atoms with E-state index in [0.29, 0.717) is 40.8 Å². The third-order valence-corrected chi connectivity index (χ3v) is 6.04. The van der Waals surface area contributed by atoms with Crippen molar-refractivity contribution in [2.24, 2.45) is 12.8 Å². The van der Waals surface area contributed by atoms with Crippen molar-refractivity contribution >= 4 is 28.8 Å². The van der Waals surface area contributed by atoms with Crippen molar-refractivity contribution in [1.82, 2.24) is 29.1 Å². The Balaban J connectivity index is 0.000000214. The Morgan fingerprint density at radius 3 is 2.62 bits per heavy atom. The molecule has 1 amide bonds. The number of rotatable bonds is 3. The predicted octanol–water partition coefficient (Wildman–Crippen LogP) is 2.96. The van der Waals surface area contributed by atoms with Crippen LogP contribution in [-0.2, 0) is 13.5 Å². The van der Waals surface area contributed by atoms with E-state index in [2.05, 4.69) is 27.4 Å². The highest BCUT2D eigenvalue weighted by atomic mass is 16.1. The predicted molar refractivity (Wildman–Crippen MR) is 150 cm³/mol. The fraction of sp³-hybridized carbons (Fsp3) is 0.138. The van der Waals surface area contributed by atoms with E-state index in [1.54, 1.807) is 26.3 Å². The van der Waals surface area contributed by atoms with E-state index < -0.39 is 5.91 Å². The molecule has 0 atom stereocenters. The van der Waals surface area contributed by atoms with Gasteiger partial charge in [-0.15, -0.1) is 0 Å². The molecule has 10 heteroatoms. The SMILES string of the molecule is CCc1nc2cccc(C#Cc3cnn(C)c3)c2c(=O)n1-c1ccccc1.NC(=O)c1cnn2c1NCC=C2. The van der Waals surface area contributed by atoms with Crippen LogP contribution >= 0.6 is 0 Å². The van der Waals surface area contributed by atoms with Gasteiger partial charge in [-0.1, -0.05) is 43.0 Å². The van der Waals surface area contributed by atoms with Gasteiger partial charge in [0.1, 0.15) is 17.2 Å². The number of aryl methyl sites for hydroxylation is 2. The van der Waals surface area contributed by atoms with Gasteiger partial charge in [0.2, 0.25) is 0 Å². The summed E-state index contributed by atoms with van der Waals surface area (Å²) in [6.07, 6.45) is 9.36. The normalized spacial score (nSPS) is 11.5. The van der Waals surface area contributed by atoms with Crippen LogP contribution in [0.1, 0.15) is 34.2 Å². The fourth-order valence-corrected chi connectivity index (χ4v) is 4.23. The van der Waals surface area contributed by atoms with Crippen LogP contribution in [0.2, 0.25) is 0 Å². The van der Waals surface area contributed by atoms with Crippen LogP contribution in [0, 0.1) is 11.8 Å². The van der Waals surface area contributed by atoms with Gasteiger partial charge in [0.15, 0.2) is 0 Å². The number of para-hydroxylation sites is 1. The van der Waals surface area contributed by atoms with Gasteiger partial charge < -0.3 is 11.1 Å². The Bertz CT molecular complexity index is 1820. The van der Waals surface area contributed by atoms with E-state index >= 15 is 0 Å². The van der Waals surface area contributed by atoms with Gasteiger partial charge in [0, 0.05) is 38.0 Å². The molecule has 3 aromatic heterocycles. The average Bonchev–Trinajstić information content (AvgIpc) is 3.58. The third kappa shape index (κ3) is 5.19. The molecule has 0 fully saturated rings. The zero-order chi connectivity index (χ0) is 27.4. The number of hydrogen-bond acceptors (Lipinski definition) is 6. The lowest BCUT2D eigenvalue weighted by atomic mass is 10.1. The molecule has 0 unspecified atom stereocenters. The molecule has 4 heterocycles. The highest BCUT2D eigenvalue weighted by Gasteiger charge is 2.15. The molecule has 0 saturated heterocycles. The van der Waals surface area contributed by atoms with Crippen LogP contribution in [0.15, 0.2) is 78.0 Å². The zero-order valence-corrected chi connectivity index (χ0v) is 21.5. The first-order valence-electron chi connectivity index (χ1n) is 12.3. The largest absolute Gasteiger partial charge is 0.366 e. The van der Waals surface area contributed by atoms with E-state index in [1.807, 2.05) is 74.8 Å². The van der Waals surface area contributed by atoms with E-state index in [1.165, 1.54) is 6.20 Å². The molecule has 10 nitrogen and oxygen atoms in total. The second-order valence-electron chi connectivity index (χ2n) is 8.69. The molecular formula is C29H26N8O2. The Kier molecular flexibility index (Phi) is 7.05. The Labute approximate surface area is 224 Å². The molecule has 0 radical (unpaired) electrons. The van der Waals surface area contributed by atoms with Gasteiger partial charge in [-0.25, -0.2) is 9.67 Å². The summed E-state index contributed by atoms with van der Waals surface area (Å²) in [5.41, 5.74) is 8.41. The van der Waals surface area contributed by atoms with Crippen LogP contribution in [0.3, 0.4) is 0 Å². The van der Waals surface area contributed by atoms with E-state index in [9.17, 15) is 9.59 Å². The van der Waals surface area contributed by atoms with Crippen molar-refractivity contribution in [1.29, 1.82) is 0 Å². The summed E-state index contributed by atoms with van der Waals surface area (Å²) >= 11 is 0. The van der Waals surface area contributed by atoms with Crippen LogP contribution in [0.5, 0.6) is 0 Å². The summed E-state index contributed by atoms with van der Waals surface area (Å²) in [6.45, 7) is 2.70. The van der Waals surface area contributed by atoms with Crippen LogP contribution in [-0.4, -0.2) is 41.6 Å². The summed E-state index contributed by atoms with van der Waals surface area (Å²) < 4.78 is 4.96. The summed E-state index contributed by atoms with van der Waals surface area (Å²) in [5.74, 6) is 7.14. The van der Waals surface area contributed by atoms with Crippen LogP contribution < -0.4 is 16.6 Å². The first kappa shape index (κ1) is 25.2. The molecule has 0 bridgehead atoms. The van der Waals surface area contributed by atoms with E-state index in [0.717, 1.165) is 17.1 Å². The maximum absolute atomic E-state index is 13.4. The van der Waals surface area contributed by atoms with Crippen LogP contribution in [0.4, 0.5) is 5.82 Å². The number of aromatic nitrogens is 6. The molecule has 39 heavy (non-hydrogen) atoms. The van der Waals surface area contributed by atoms with Crippen molar-refractivity contribution in [3.63, 3.8) is 0 Å². The molecule has 194 valence electrons. The lowest BCUT2D eigenvalue weighted by Crippen LogP contribution is -2.24. The first-order valence-corrected chi connectivity index (χ1v) is 12.3. The number of nitrogens with two attached hydrogens (primary N) is 1. The topological polar surface area (TPSA) is 126 Å². The lowest BCUT2D eigenvalue weighted by Gasteiger charge is -2.13. The Morgan fingerprint density at radius 1 is 1.08 bits per heavy atom. The number of benzene rings is 2. The highest BCUT2D eigenvalue weighted by molar-refractivity contribution is 5.98. The van der Waals surface area contributed by atoms with Crippen molar-refractivity contribution in [3.05, 3.63) is 106 Å². The molecule has 0 aliphatic carbocycles. The molecule has 6 rings (SSSR count). The first-order chi connectivity index (χ1) is 19.0. The molecule has 5 aromatic rings. The molecule has 1 aliphatic heterocycles. The number of nitrogens with zero attached hydrogens (tertiary/aromatic N) is 6. The maximum Gasteiger partial charge on any atom is 0.267 e. The highest BCUT2D eigenvalue weighted by Crippen LogP contribution is 2.18. The number of primary amides is 1. The van der Waals surface area contributed by atoms with E-state index in [4.69, 9.17) is 10.7 Å².